The molecule has 0 unspecified atom stereocenters. The SMILES string of the molecule is CCOC(=O)Cc1cc(I)c(C#N)cc1S. The van der Waals surface area contributed by atoms with Gasteiger partial charge in [0, 0.05) is 8.47 Å². The van der Waals surface area contributed by atoms with Gasteiger partial charge in [-0.05, 0) is 47.2 Å². The number of hydrogen-bond donors (Lipinski definition) is 1. The van der Waals surface area contributed by atoms with Crippen LogP contribution in [0.4, 0.5) is 0 Å². The van der Waals surface area contributed by atoms with Gasteiger partial charge in [0.05, 0.1) is 18.6 Å². The fourth-order valence-electron chi connectivity index (χ4n) is 1.20. The highest BCUT2D eigenvalue weighted by molar-refractivity contribution is 14.1. The molecule has 1 aromatic carbocycles. The van der Waals surface area contributed by atoms with Gasteiger partial charge in [-0.25, -0.2) is 0 Å². The molecule has 0 saturated carbocycles. The van der Waals surface area contributed by atoms with Gasteiger partial charge in [-0.1, -0.05) is 0 Å². The van der Waals surface area contributed by atoms with Gasteiger partial charge < -0.3 is 4.74 Å². The lowest BCUT2D eigenvalue weighted by atomic mass is 10.1. The quantitative estimate of drug-likeness (QED) is 0.519. The Balaban J connectivity index is 2.95. The molecule has 0 atom stereocenters. The molecule has 0 spiro atoms. The number of carbonyl (C=O) groups excluding carboxylic acids is 1. The van der Waals surface area contributed by atoms with Crippen molar-refractivity contribution < 1.29 is 9.53 Å². The van der Waals surface area contributed by atoms with Gasteiger partial charge in [0.1, 0.15) is 6.07 Å². The van der Waals surface area contributed by atoms with Gasteiger partial charge in [0.15, 0.2) is 0 Å². The normalized spacial score (nSPS) is 9.62. The van der Waals surface area contributed by atoms with Crippen molar-refractivity contribution in [2.45, 2.75) is 18.2 Å². The minimum absolute atomic E-state index is 0.189. The number of esters is 1. The summed E-state index contributed by atoms with van der Waals surface area (Å²) in [4.78, 5) is 12.0. The number of carbonyl (C=O) groups is 1. The number of hydrogen-bond acceptors (Lipinski definition) is 4. The Morgan fingerprint density at radius 2 is 2.31 bits per heavy atom. The molecule has 0 N–H and O–H groups in total. The van der Waals surface area contributed by atoms with Crippen LogP contribution in [0.15, 0.2) is 17.0 Å². The van der Waals surface area contributed by atoms with Crippen molar-refractivity contribution >= 4 is 41.2 Å². The molecule has 5 heteroatoms. The molecule has 0 amide bonds. The van der Waals surface area contributed by atoms with Crippen LogP contribution in [0.2, 0.25) is 0 Å². The van der Waals surface area contributed by atoms with E-state index >= 15 is 0 Å². The van der Waals surface area contributed by atoms with Crippen molar-refractivity contribution in [3.05, 3.63) is 26.8 Å². The molecule has 84 valence electrons. The van der Waals surface area contributed by atoms with Gasteiger partial charge in [-0.3, -0.25) is 4.79 Å². The molecule has 16 heavy (non-hydrogen) atoms. The Morgan fingerprint density at radius 1 is 1.62 bits per heavy atom. The second-order valence-electron chi connectivity index (χ2n) is 3.05. The summed E-state index contributed by atoms with van der Waals surface area (Å²) >= 11 is 6.31. The van der Waals surface area contributed by atoms with Crippen molar-refractivity contribution in [2.75, 3.05) is 6.61 Å². The molecule has 1 rings (SSSR count). The fraction of sp³-hybridized carbons (Fsp3) is 0.273. The van der Waals surface area contributed by atoms with Gasteiger partial charge in [-0.15, -0.1) is 12.6 Å². The summed E-state index contributed by atoms with van der Waals surface area (Å²) < 4.78 is 5.67. The first-order valence-electron chi connectivity index (χ1n) is 4.65. The summed E-state index contributed by atoms with van der Waals surface area (Å²) in [5.74, 6) is -0.279. The van der Waals surface area contributed by atoms with Crippen LogP contribution in [-0.4, -0.2) is 12.6 Å². The van der Waals surface area contributed by atoms with Crippen LogP contribution in [0.1, 0.15) is 18.1 Å². The predicted molar refractivity (Wildman–Crippen MR) is 71.5 cm³/mol. The molecule has 0 aliphatic carbocycles. The largest absolute Gasteiger partial charge is 0.466 e. The van der Waals surface area contributed by atoms with Gasteiger partial charge >= 0.3 is 5.97 Å². The molecule has 1 aromatic rings. The van der Waals surface area contributed by atoms with Gasteiger partial charge in [0.2, 0.25) is 0 Å². The first-order chi connectivity index (χ1) is 7.58. The minimum atomic E-state index is -0.279. The van der Waals surface area contributed by atoms with E-state index in [1.54, 1.807) is 19.1 Å². The van der Waals surface area contributed by atoms with E-state index in [0.717, 1.165) is 9.13 Å². The number of rotatable bonds is 3. The lowest BCUT2D eigenvalue weighted by molar-refractivity contribution is -0.142. The van der Waals surface area contributed by atoms with Gasteiger partial charge in [0.25, 0.3) is 0 Å². The zero-order valence-corrected chi connectivity index (χ0v) is 11.7. The fourth-order valence-corrected chi connectivity index (χ4v) is 2.12. The molecule has 0 aromatic heterocycles. The zero-order valence-electron chi connectivity index (χ0n) is 8.66. The maximum Gasteiger partial charge on any atom is 0.310 e. The van der Waals surface area contributed by atoms with E-state index in [-0.39, 0.29) is 12.4 Å². The minimum Gasteiger partial charge on any atom is -0.466 e. The molecule has 0 fully saturated rings. The third-order valence-corrected chi connectivity index (χ3v) is 3.24. The van der Waals surface area contributed by atoms with Crippen LogP contribution in [0.25, 0.3) is 0 Å². The first-order valence-corrected chi connectivity index (χ1v) is 6.18. The molecule has 0 bridgehead atoms. The first kappa shape index (κ1) is 13.3. The predicted octanol–water partition coefficient (Wildman–Crippen LogP) is 2.56. The second-order valence-corrected chi connectivity index (χ2v) is 4.70. The summed E-state index contributed by atoms with van der Waals surface area (Å²) in [5, 5.41) is 8.82. The van der Waals surface area contributed by atoms with Crippen molar-refractivity contribution in [2.24, 2.45) is 0 Å². The van der Waals surface area contributed by atoms with E-state index in [9.17, 15) is 4.79 Å². The summed E-state index contributed by atoms with van der Waals surface area (Å²) in [6, 6.07) is 5.53. The van der Waals surface area contributed by atoms with Crippen LogP contribution >= 0.6 is 35.2 Å². The van der Waals surface area contributed by atoms with E-state index in [1.165, 1.54) is 0 Å². The smallest absolute Gasteiger partial charge is 0.310 e. The Labute approximate surface area is 113 Å². The summed E-state index contributed by atoms with van der Waals surface area (Å²) in [6.45, 7) is 2.14. The van der Waals surface area contributed by atoms with Crippen LogP contribution in [0, 0.1) is 14.9 Å². The summed E-state index contributed by atoms with van der Waals surface area (Å²) in [6.07, 6.45) is 0.189. The number of thiol groups is 1. The molecule has 0 aliphatic heterocycles. The summed E-state index contributed by atoms with van der Waals surface area (Å²) in [5.41, 5.74) is 1.35. The Morgan fingerprint density at radius 3 is 2.88 bits per heavy atom. The monoisotopic (exact) mass is 347 g/mol. The van der Waals surface area contributed by atoms with Crippen LogP contribution < -0.4 is 0 Å². The standard InChI is InChI=1S/C11H10INO2S/c1-2-15-11(14)5-7-3-9(12)8(6-13)4-10(7)16/h3-4,16H,2,5H2,1H3. The Bertz CT molecular complexity index is 454. The molecule has 0 saturated heterocycles. The number of nitriles is 1. The molecule has 0 heterocycles. The second kappa shape index (κ2) is 6.11. The molecular formula is C11H10INO2S. The average Bonchev–Trinajstić information content (AvgIpc) is 2.23. The van der Waals surface area contributed by atoms with Gasteiger partial charge in [-0.2, -0.15) is 5.26 Å². The number of benzene rings is 1. The van der Waals surface area contributed by atoms with Crippen LogP contribution in [-0.2, 0) is 16.0 Å². The van der Waals surface area contributed by atoms with E-state index in [4.69, 9.17) is 10.00 Å². The third-order valence-electron chi connectivity index (χ3n) is 1.93. The van der Waals surface area contributed by atoms with Crippen molar-refractivity contribution in [3.63, 3.8) is 0 Å². The lowest BCUT2D eigenvalue weighted by Crippen LogP contribution is -2.08. The Hall–Kier alpha value is -0.740. The van der Waals surface area contributed by atoms with Crippen LogP contribution in [0.3, 0.4) is 0 Å². The highest BCUT2D eigenvalue weighted by Crippen LogP contribution is 2.22. The molecule has 0 radical (unpaired) electrons. The zero-order chi connectivity index (χ0) is 12.1. The number of nitrogens with zero attached hydrogens (tertiary/aromatic N) is 1. The lowest BCUT2D eigenvalue weighted by Gasteiger charge is -2.06. The molecule has 0 aliphatic rings. The topological polar surface area (TPSA) is 50.1 Å². The van der Waals surface area contributed by atoms with E-state index in [0.29, 0.717) is 17.1 Å². The molecular weight excluding hydrogens is 337 g/mol. The Kier molecular flexibility index (Phi) is 5.09. The molecule has 3 nitrogen and oxygen atoms in total. The summed E-state index contributed by atoms with van der Waals surface area (Å²) in [7, 11) is 0. The van der Waals surface area contributed by atoms with E-state index < -0.39 is 0 Å². The van der Waals surface area contributed by atoms with E-state index in [1.807, 2.05) is 0 Å². The highest BCUT2D eigenvalue weighted by Gasteiger charge is 2.10. The van der Waals surface area contributed by atoms with Crippen molar-refractivity contribution in [3.8, 4) is 6.07 Å². The third kappa shape index (κ3) is 3.39. The van der Waals surface area contributed by atoms with E-state index in [2.05, 4.69) is 41.3 Å². The van der Waals surface area contributed by atoms with Crippen LogP contribution in [0.5, 0.6) is 0 Å². The number of halogens is 1. The maximum atomic E-state index is 11.3. The number of ether oxygens (including phenoxy) is 1. The van der Waals surface area contributed by atoms with Crippen molar-refractivity contribution in [1.82, 2.24) is 0 Å². The highest BCUT2D eigenvalue weighted by atomic mass is 127. The maximum absolute atomic E-state index is 11.3. The van der Waals surface area contributed by atoms with Crippen molar-refractivity contribution in [1.29, 1.82) is 5.26 Å². The average molecular weight is 347 g/mol.